The minimum Gasteiger partial charge on any atom is -0.465 e. The van der Waals surface area contributed by atoms with Gasteiger partial charge in [0.05, 0.1) is 22.7 Å². The number of benzene rings is 2. The van der Waals surface area contributed by atoms with E-state index >= 15 is 0 Å². The molecule has 0 fully saturated rings. The Morgan fingerprint density at radius 2 is 1.83 bits per heavy atom. The van der Waals surface area contributed by atoms with Crippen LogP contribution in [-0.4, -0.2) is 19.0 Å². The number of nitrogens with one attached hydrogen (secondary N) is 1. The number of nitrogens with zero attached hydrogens (tertiary/aromatic N) is 1. The third-order valence-electron chi connectivity index (χ3n) is 4.06. The number of hydrogen-bond donors (Lipinski definition) is 1. The van der Waals surface area contributed by atoms with Gasteiger partial charge in [-0.1, -0.05) is 29.3 Å². The van der Waals surface area contributed by atoms with Crippen LogP contribution in [0.15, 0.2) is 64.6 Å². The number of nitriles is 1. The van der Waals surface area contributed by atoms with Gasteiger partial charge in [-0.3, -0.25) is 4.79 Å². The molecule has 0 spiro atoms. The zero-order valence-corrected chi connectivity index (χ0v) is 17.1. The fraction of sp³-hybridized carbons (Fsp3) is 0.0455. The van der Waals surface area contributed by atoms with E-state index in [1.807, 2.05) is 6.07 Å². The van der Waals surface area contributed by atoms with Gasteiger partial charge in [0.2, 0.25) is 0 Å². The molecule has 1 N–H and O–H groups in total. The topological polar surface area (TPSA) is 92.3 Å². The van der Waals surface area contributed by atoms with Crippen LogP contribution in [-0.2, 0) is 9.53 Å². The number of halogens is 2. The fourth-order valence-electron chi connectivity index (χ4n) is 2.57. The maximum Gasteiger partial charge on any atom is 0.337 e. The van der Waals surface area contributed by atoms with Crippen LogP contribution in [0.4, 0.5) is 5.69 Å². The first-order chi connectivity index (χ1) is 14.4. The third kappa shape index (κ3) is 4.71. The smallest absolute Gasteiger partial charge is 0.337 e. The van der Waals surface area contributed by atoms with Gasteiger partial charge in [-0.15, -0.1) is 0 Å². The molecular formula is C22H14Cl2N2O4. The fourth-order valence-corrected chi connectivity index (χ4v) is 2.96. The van der Waals surface area contributed by atoms with E-state index in [2.05, 4.69) is 10.1 Å². The van der Waals surface area contributed by atoms with E-state index in [0.29, 0.717) is 38.4 Å². The summed E-state index contributed by atoms with van der Waals surface area (Å²) in [6.07, 6.45) is 1.32. The second kappa shape index (κ2) is 9.31. The van der Waals surface area contributed by atoms with Crippen molar-refractivity contribution < 1.29 is 18.7 Å². The molecule has 0 saturated carbocycles. The van der Waals surface area contributed by atoms with Crippen LogP contribution in [0.5, 0.6) is 0 Å². The van der Waals surface area contributed by atoms with Crippen molar-refractivity contribution in [3.8, 4) is 17.4 Å². The Bertz CT molecular complexity index is 1170. The lowest BCUT2D eigenvalue weighted by Crippen LogP contribution is -2.13. The maximum atomic E-state index is 12.4. The van der Waals surface area contributed by atoms with Crippen LogP contribution in [0.3, 0.4) is 0 Å². The average molecular weight is 441 g/mol. The monoisotopic (exact) mass is 440 g/mol. The third-order valence-corrected chi connectivity index (χ3v) is 4.88. The number of esters is 1. The van der Waals surface area contributed by atoms with Gasteiger partial charge in [0.15, 0.2) is 0 Å². The summed E-state index contributed by atoms with van der Waals surface area (Å²) in [5, 5.41) is 12.7. The van der Waals surface area contributed by atoms with Crippen molar-refractivity contribution in [3.63, 3.8) is 0 Å². The highest BCUT2D eigenvalue weighted by molar-refractivity contribution is 6.43. The standard InChI is InChI=1S/C22H14Cl2N2O4/c1-29-22(28)13-5-7-15(8-6-13)26-21(27)14(12-25)11-16-9-10-19(30-16)17-3-2-4-18(23)20(17)24/h2-11H,1H3,(H,26,27)/b14-11+. The number of ether oxygens (including phenoxy) is 1. The molecule has 0 radical (unpaired) electrons. The molecule has 0 aliphatic carbocycles. The Balaban J connectivity index is 1.78. The number of amides is 1. The van der Waals surface area contributed by atoms with Crippen LogP contribution in [0.2, 0.25) is 10.0 Å². The number of carbonyl (C=O) groups is 2. The highest BCUT2D eigenvalue weighted by Crippen LogP contribution is 2.34. The molecule has 8 heteroatoms. The van der Waals surface area contributed by atoms with Crippen molar-refractivity contribution >= 4 is 46.8 Å². The lowest BCUT2D eigenvalue weighted by molar-refractivity contribution is -0.112. The molecule has 150 valence electrons. The quantitative estimate of drug-likeness (QED) is 0.317. The second-order valence-electron chi connectivity index (χ2n) is 6.00. The van der Waals surface area contributed by atoms with Crippen molar-refractivity contribution in [3.05, 3.63) is 81.5 Å². The van der Waals surface area contributed by atoms with Gasteiger partial charge in [-0.25, -0.2) is 4.79 Å². The van der Waals surface area contributed by atoms with Gasteiger partial charge in [-0.05, 0) is 48.5 Å². The number of furan rings is 1. The first-order valence-electron chi connectivity index (χ1n) is 8.58. The molecule has 0 saturated heterocycles. The molecule has 0 aliphatic heterocycles. The van der Waals surface area contributed by atoms with Crippen molar-refractivity contribution in [2.75, 3.05) is 12.4 Å². The predicted molar refractivity (Wildman–Crippen MR) is 114 cm³/mol. The van der Waals surface area contributed by atoms with E-state index in [9.17, 15) is 14.9 Å². The SMILES string of the molecule is COC(=O)c1ccc(NC(=O)/C(C#N)=C/c2ccc(-c3cccc(Cl)c3Cl)o2)cc1. The number of carbonyl (C=O) groups excluding carboxylic acids is 2. The number of rotatable bonds is 5. The molecule has 0 unspecified atom stereocenters. The zero-order chi connectivity index (χ0) is 21.7. The number of hydrogen-bond acceptors (Lipinski definition) is 5. The molecule has 3 rings (SSSR count). The molecule has 0 bridgehead atoms. The maximum absolute atomic E-state index is 12.4. The molecule has 6 nitrogen and oxygen atoms in total. The summed E-state index contributed by atoms with van der Waals surface area (Å²) < 4.78 is 10.3. The summed E-state index contributed by atoms with van der Waals surface area (Å²) in [7, 11) is 1.28. The van der Waals surface area contributed by atoms with Crippen molar-refractivity contribution in [1.29, 1.82) is 5.26 Å². The second-order valence-corrected chi connectivity index (χ2v) is 6.78. The minimum atomic E-state index is -0.623. The van der Waals surface area contributed by atoms with Crippen LogP contribution in [0.1, 0.15) is 16.1 Å². The highest BCUT2D eigenvalue weighted by Gasteiger charge is 2.14. The van der Waals surface area contributed by atoms with Gasteiger partial charge in [0.1, 0.15) is 23.2 Å². The molecule has 1 aromatic heterocycles. The summed E-state index contributed by atoms with van der Waals surface area (Å²) in [4.78, 5) is 23.9. The zero-order valence-electron chi connectivity index (χ0n) is 15.6. The first kappa shape index (κ1) is 21.2. The predicted octanol–water partition coefficient (Wildman–Crippen LogP) is 5.59. The summed E-state index contributed by atoms with van der Waals surface area (Å²) in [6, 6.07) is 16.3. The molecule has 0 aliphatic rings. The van der Waals surface area contributed by atoms with Gasteiger partial charge < -0.3 is 14.5 Å². The summed E-state index contributed by atoms with van der Waals surface area (Å²) in [5.41, 5.74) is 1.19. The molecule has 1 heterocycles. The van der Waals surface area contributed by atoms with Crippen molar-refractivity contribution in [1.82, 2.24) is 0 Å². The van der Waals surface area contributed by atoms with Crippen molar-refractivity contribution in [2.24, 2.45) is 0 Å². The van der Waals surface area contributed by atoms with Gasteiger partial charge in [0.25, 0.3) is 5.91 Å². The minimum absolute atomic E-state index is 0.162. The van der Waals surface area contributed by atoms with Crippen LogP contribution < -0.4 is 5.32 Å². The summed E-state index contributed by atoms with van der Waals surface area (Å²) in [6.45, 7) is 0. The van der Waals surface area contributed by atoms with Crippen LogP contribution in [0.25, 0.3) is 17.4 Å². The van der Waals surface area contributed by atoms with E-state index < -0.39 is 11.9 Å². The van der Waals surface area contributed by atoms with E-state index in [-0.39, 0.29) is 5.57 Å². The van der Waals surface area contributed by atoms with Crippen LogP contribution >= 0.6 is 23.2 Å². The largest absolute Gasteiger partial charge is 0.465 e. The number of anilines is 1. The van der Waals surface area contributed by atoms with E-state index in [1.165, 1.54) is 37.5 Å². The average Bonchev–Trinajstić information content (AvgIpc) is 3.22. The van der Waals surface area contributed by atoms with E-state index in [4.69, 9.17) is 27.6 Å². The van der Waals surface area contributed by atoms with Gasteiger partial charge in [-0.2, -0.15) is 5.26 Å². The Labute approximate surface area is 182 Å². The Morgan fingerprint density at radius 3 is 2.50 bits per heavy atom. The summed E-state index contributed by atoms with van der Waals surface area (Å²) in [5.74, 6) is -0.361. The lowest BCUT2D eigenvalue weighted by atomic mass is 10.2. The molecule has 2 aromatic carbocycles. The first-order valence-corrected chi connectivity index (χ1v) is 9.34. The Morgan fingerprint density at radius 1 is 1.10 bits per heavy atom. The van der Waals surface area contributed by atoms with Crippen LogP contribution in [0, 0.1) is 11.3 Å². The van der Waals surface area contributed by atoms with E-state index in [1.54, 1.807) is 30.3 Å². The van der Waals surface area contributed by atoms with E-state index in [0.717, 1.165) is 0 Å². The highest BCUT2D eigenvalue weighted by atomic mass is 35.5. The lowest BCUT2D eigenvalue weighted by Gasteiger charge is -2.05. The number of methoxy groups -OCH3 is 1. The Hall–Kier alpha value is -3.53. The molecule has 30 heavy (non-hydrogen) atoms. The molecule has 1 amide bonds. The molecule has 0 atom stereocenters. The molecular weight excluding hydrogens is 427 g/mol. The summed E-state index contributed by atoms with van der Waals surface area (Å²) >= 11 is 12.2. The molecule has 3 aromatic rings. The van der Waals surface area contributed by atoms with Crippen molar-refractivity contribution in [2.45, 2.75) is 0 Å². The Kier molecular flexibility index (Phi) is 6.58. The van der Waals surface area contributed by atoms with Gasteiger partial charge in [0, 0.05) is 17.3 Å². The van der Waals surface area contributed by atoms with Gasteiger partial charge >= 0.3 is 5.97 Å². The normalized spacial score (nSPS) is 10.9.